The minimum atomic E-state index is -3.87. The van der Waals surface area contributed by atoms with Crippen molar-refractivity contribution in [2.75, 3.05) is 17.8 Å². The summed E-state index contributed by atoms with van der Waals surface area (Å²) in [6, 6.07) is 18.1. The summed E-state index contributed by atoms with van der Waals surface area (Å²) in [4.78, 5) is 27.1. The average molecular weight is 496 g/mol. The van der Waals surface area contributed by atoms with Crippen LogP contribution in [-0.2, 0) is 10.0 Å². The summed E-state index contributed by atoms with van der Waals surface area (Å²) < 4.78 is 40.4. The number of halogens is 1. The van der Waals surface area contributed by atoms with Crippen LogP contribution in [0.3, 0.4) is 0 Å². The van der Waals surface area contributed by atoms with E-state index in [1.165, 1.54) is 24.3 Å². The van der Waals surface area contributed by atoms with Crippen LogP contribution in [0, 0.1) is 12.7 Å². The highest BCUT2D eigenvalue weighted by Crippen LogP contribution is 2.20. The number of carbonyl (C=O) groups excluding carboxylic acids is 2. The van der Waals surface area contributed by atoms with Gasteiger partial charge in [0, 0.05) is 35.9 Å². The van der Waals surface area contributed by atoms with Crippen LogP contribution in [0.5, 0.6) is 0 Å². The van der Waals surface area contributed by atoms with E-state index in [4.69, 9.17) is 0 Å². The SMILES string of the molecule is Cc1ccccc1C(=O)NC1CCN(C(=O)c2ccc(NS(=O)(=O)c3ccc(F)cc3)cc2)CC1. The van der Waals surface area contributed by atoms with E-state index in [9.17, 15) is 22.4 Å². The molecular formula is C26H26FN3O4S. The Morgan fingerprint density at radius 3 is 2.17 bits per heavy atom. The second-order valence-corrected chi connectivity index (χ2v) is 10.2. The summed E-state index contributed by atoms with van der Waals surface area (Å²) in [7, 11) is -3.87. The molecule has 7 nitrogen and oxygen atoms in total. The van der Waals surface area contributed by atoms with Crippen LogP contribution in [0.1, 0.15) is 39.1 Å². The highest BCUT2D eigenvalue weighted by molar-refractivity contribution is 7.92. The van der Waals surface area contributed by atoms with Crippen molar-refractivity contribution in [3.05, 3.63) is 95.3 Å². The number of anilines is 1. The first-order valence-electron chi connectivity index (χ1n) is 11.3. The predicted octanol–water partition coefficient (Wildman–Crippen LogP) is 3.97. The number of amides is 2. The molecule has 0 atom stereocenters. The van der Waals surface area contributed by atoms with Crippen LogP contribution < -0.4 is 10.0 Å². The van der Waals surface area contributed by atoms with E-state index in [1.807, 2.05) is 25.1 Å². The van der Waals surface area contributed by atoms with Crippen molar-refractivity contribution in [1.82, 2.24) is 10.2 Å². The molecule has 1 aliphatic rings. The van der Waals surface area contributed by atoms with Crippen molar-refractivity contribution in [3.63, 3.8) is 0 Å². The zero-order chi connectivity index (χ0) is 25.0. The van der Waals surface area contributed by atoms with Gasteiger partial charge in [-0.3, -0.25) is 14.3 Å². The Kier molecular flexibility index (Phi) is 7.16. The first kappa shape index (κ1) is 24.4. The molecule has 1 heterocycles. The van der Waals surface area contributed by atoms with Crippen molar-refractivity contribution >= 4 is 27.5 Å². The lowest BCUT2D eigenvalue weighted by Gasteiger charge is -2.32. The monoisotopic (exact) mass is 495 g/mol. The molecule has 4 rings (SSSR count). The smallest absolute Gasteiger partial charge is 0.261 e. The maximum atomic E-state index is 13.1. The van der Waals surface area contributed by atoms with Gasteiger partial charge in [-0.1, -0.05) is 18.2 Å². The lowest BCUT2D eigenvalue weighted by Crippen LogP contribution is -2.46. The molecule has 0 saturated carbocycles. The highest BCUT2D eigenvalue weighted by atomic mass is 32.2. The molecule has 0 aromatic heterocycles. The molecule has 0 aliphatic carbocycles. The molecule has 0 radical (unpaired) electrons. The number of aryl methyl sites for hydroxylation is 1. The van der Waals surface area contributed by atoms with Crippen molar-refractivity contribution < 1.29 is 22.4 Å². The Hall–Kier alpha value is -3.72. The molecule has 0 spiro atoms. The van der Waals surface area contributed by atoms with Gasteiger partial charge in [0.25, 0.3) is 21.8 Å². The summed E-state index contributed by atoms with van der Waals surface area (Å²) in [6.45, 7) is 2.92. The lowest BCUT2D eigenvalue weighted by atomic mass is 10.0. The summed E-state index contributed by atoms with van der Waals surface area (Å²) in [5, 5.41) is 3.06. The number of benzene rings is 3. The van der Waals surface area contributed by atoms with Gasteiger partial charge in [0.05, 0.1) is 4.90 Å². The van der Waals surface area contributed by atoms with Crippen LogP contribution in [0.2, 0.25) is 0 Å². The number of carbonyl (C=O) groups is 2. The van der Waals surface area contributed by atoms with Gasteiger partial charge in [0.15, 0.2) is 0 Å². The number of sulfonamides is 1. The van der Waals surface area contributed by atoms with E-state index in [0.29, 0.717) is 42.7 Å². The number of hydrogen-bond acceptors (Lipinski definition) is 4. The molecule has 1 saturated heterocycles. The third-order valence-electron chi connectivity index (χ3n) is 6.02. The van der Waals surface area contributed by atoms with Gasteiger partial charge < -0.3 is 10.2 Å². The zero-order valence-electron chi connectivity index (χ0n) is 19.2. The third-order valence-corrected chi connectivity index (χ3v) is 7.41. The largest absolute Gasteiger partial charge is 0.349 e. The minimum absolute atomic E-state index is 0.00518. The van der Waals surface area contributed by atoms with Crippen LogP contribution in [0.25, 0.3) is 0 Å². The third kappa shape index (κ3) is 5.86. The Bertz CT molecular complexity index is 1320. The number of nitrogens with zero attached hydrogens (tertiary/aromatic N) is 1. The van der Waals surface area contributed by atoms with E-state index >= 15 is 0 Å². The molecule has 9 heteroatoms. The number of piperidine rings is 1. The Morgan fingerprint density at radius 1 is 0.914 bits per heavy atom. The molecule has 0 bridgehead atoms. The molecule has 0 unspecified atom stereocenters. The van der Waals surface area contributed by atoms with Gasteiger partial charge in [0.1, 0.15) is 5.82 Å². The molecule has 3 aromatic rings. The Balaban J connectivity index is 1.32. The standard InChI is InChI=1S/C26H26FN3O4S/c1-18-4-2-3-5-24(18)25(31)28-21-14-16-30(17-15-21)26(32)19-6-10-22(11-7-19)29-35(33,34)23-12-8-20(27)9-13-23/h2-13,21,29H,14-17H2,1H3,(H,28,31). The van der Waals surface area contributed by atoms with Crippen LogP contribution in [0.4, 0.5) is 10.1 Å². The summed E-state index contributed by atoms with van der Waals surface area (Å²) in [5.74, 6) is -0.780. The molecular weight excluding hydrogens is 469 g/mol. The molecule has 35 heavy (non-hydrogen) atoms. The zero-order valence-corrected chi connectivity index (χ0v) is 20.0. The second kappa shape index (κ2) is 10.3. The first-order valence-corrected chi connectivity index (χ1v) is 12.8. The number of hydrogen-bond donors (Lipinski definition) is 2. The quantitative estimate of drug-likeness (QED) is 0.541. The normalized spacial score (nSPS) is 14.4. The van der Waals surface area contributed by atoms with E-state index in [2.05, 4.69) is 10.0 Å². The van der Waals surface area contributed by atoms with E-state index in [1.54, 1.807) is 23.1 Å². The number of rotatable bonds is 6. The molecule has 3 aromatic carbocycles. The molecule has 2 N–H and O–H groups in total. The Morgan fingerprint density at radius 2 is 1.54 bits per heavy atom. The first-order chi connectivity index (χ1) is 16.7. The second-order valence-electron chi connectivity index (χ2n) is 8.49. The van der Waals surface area contributed by atoms with Gasteiger partial charge in [0.2, 0.25) is 0 Å². The van der Waals surface area contributed by atoms with Crippen LogP contribution in [-0.4, -0.2) is 44.3 Å². The van der Waals surface area contributed by atoms with Gasteiger partial charge in [-0.05, 0) is 79.9 Å². The summed E-state index contributed by atoms with van der Waals surface area (Å²) in [6.07, 6.45) is 1.30. The topological polar surface area (TPSA) is 95.6 Å². The maximum absolute atomic E-state index is 13.1. The fraction of sp³-hybridized carbons (Fsp3) is 0.231. The molecule has 1 fully saturated rings. The highest BCUT2D eigenvalue weighted by Gasteiger charge is 2.25. The van der Waals surface area contributed by atoms with Crippen LogP contribution >= 0.6 is 0 Å². The summed E-state index contributed by atoms with van der Waals surface area (Å²) >= 11 is 0. The predicted molar refractivity (Wildman–Crippen MR) is 131 cm³/mol. The van der Waals surface area contributed by atoms with E-state index in [-0.39, 0.29) is 22.8 Å². The van der Waals surface area contributed by atoms with Crippen molar-refractivity contribution in [2.24, 2.45) is 0 Å². The number of likely N-dealkylation sites (tertiary alicyclic amines) is 1. The van der Waals surface area contributed by atoms with Crippen molar-refractivity contribution in [2.45, 2.75) is 30.7 Å². The van der Waals surface area contributed by atoms with E-state index in [0.717, 1.165) is 17.7 Å². The van der Waals surface area contributed by atoms with Crippen LogP contribution in [0.15, 0.2) is 77.7 Å². The van der Waals surface area contributed by atoms with Crippen molar-refractivity contribution in [3.8, 4) is 0 Å². The van der Waals surface area contributed by atoms with Gasteiger partial charge >= 0.3 is 0 Å². The summed E-state index contributed by atoms with van der Waals surface area (Å²) in [5.41, 5.74) is 2.31. The van der Waals surface area contributed by atoms with Gasteiger partial charge in [-0.2, -0.15) is 0 Å². The maximum Gasteiger partial charge on any atom is 0.261 e. The lowest BCUT2D eigenvalue weighted by molar-refractivity contribution is 0.0698. The van der Waals surface area contributed by atoms with E-state index < -0.39 is 15.8 Å². The Labute approximate surface area is 204 Å². The van der Waals surface area contributed by atoms with Gasteiger partial charge in [-0.25, -0.2) is 12.8 Å². The molecule has 1 aliphatic heterocycles. The number of nitrogens with one attached hydrogen (secondary N) is 2. The molecule has 2 amide bonds. The fourth-order valence-corrected chi connectivity index (χ4v) is 5.07. The van der Waals surface area contributed by atoms with Crippen molar-refractivity contribution in [1.29, 1.82) is 0 Å². The van der Waals surface area contributed by atoms with Gasteiger partial charge in [-0.15, -0.1) is 0 Å². The fourth-order valence-electron chi connectivity index (χ4n) is 4.01. The average Bonchev–Trinajstić information content (AvgIpc) is 2.85. The molecule has 182 valence electrons. The minimum Gasteiger partial charge on any atom is -0.349 e.